The second kappa shape index (κ2) is 11.0. The van der Waals surface area contributed by atoms with Crippen LogP contribution in [-0.4, -0.2) is 69.3 Å². The van der Waals surface area contributed by atoms with Gasteiger partial charge in [-0.2, -0.15) is 5.26 Å². The Morgan fingerprint density at radius 3 is 2.65 bits per heavy atom. The molecule has 7 nitrogen and oxygen atoms in total. The Morgan fingerprint density at radius 2 is 1.94 bits per heavy atom. The van der Waals surface area contributed by atoms with Crippen molar-refractivity contribution < 1.29 is 9.53 Å². The Balaban J connectivity index is 1.81. The number of carbonyl (C=O) groups excluding carboxylic acids is 1. The van der Waals surface area contributed by atoms with Crippen LogP contribution >= 0.6 is 11.6 Å². The quantitative estimate of drug-likeness (QED) is 0.710. The number of hydrogen-bond acceptors (Lipinski definition) is 5. The summed E-state index contributed by atoms with van der Waals surface area (Å²) in [6.45, 7) is 4.37. The van der Waals surface area contributed by atoms with E-state index < -0.39 is 0 Å². The highest BCUT2D eigenvalue weighted by molar-refractivity contribution is 6.34. The number of benzene rings is 2. The largest absolute Gasteiger partial charge is 0.378 e. The van der Waals surface area contributed by atoms with Crippen LogP contribution in [0.3, 0.4) is 0 Å². The molecule has 8 heteroatoms. The summed E-state index contributed by atoms with van der Waals surface area (Å²) in [4.78, 5) is 19.2. The third-order valence-electron chi connectivity index (χ3n) is 5.09. The molecule has 1 aliphatic heterocycles. The van der Waals surface area contributed by atoms with Gasteiger partial charge in [-0.3, -0.25) is 0 Å². The molecular formula is C23H28ClN5O2. The molecule has 2 aromatic rings. The third kappa shape index (κ3) is 6.34. The fraction of sp³-hybridized carbons (Fsp3) is 0.391. The summed E-state index contributed by atoms with van der Waals surface area (Å²) in [5.74, 6) is 0. The van der Waals surface area contributed by atoms with Gasteiger partial charge in [0, 0.05) is 32.7 Å². The van der Waals surface area contributed by atoms with Gasteiger partial charge in [0.25, 0.3) is 0 Å². The number of ether oxygens (including phenoxy) is 1. The van der Waals surface area contributed by atoms with Crippen molar-refractivity contribution >= 4 is 29.0 Å². The van der Waals surface area contributed by atoms with E-state index >= 15 is 0 Å². The number of para-hydroxylation sites is 1. The summed E-state index contributed by atoms with van der Waals surface area (Å²) in [5.41, 5.74) is 2.99. The molecule has 1 heterocycles. The van der Waals surface area contributed by atoms with Gasteiger partial charge in [-0.05, 0) is 43.9 Å². The second-order valence-corrected chi connectivity index (χ2v) is 8.11. The predicted octanol–water partition coefficient (Wildman–Crippen LogP) is 3.64. The van der Waals surface area contributed by atoms with Crippen molar-refractivity contribution in [2.24, 2.45) is 0 Å². The maximum Gasteiger partial charge on any atom is 0.322 e. The number of carbonyl (C=O) groups is 1. The highest BCUT2D eigenvalue weighted by Gasteiger charge is 2.21. The van der Waals surface area contributed by atoms with E-state index in [2.05, 4.69) is 16.3 Å². The van der Waals surface area contributed by atoms with E-state index in [1.807, 2.05) is 55.4 Å². The van der Waals surface area contributed by atoms with E-state index in [1.54, 1.807) is 11.0 Å². The van der Waals surface area contributed by atoms with Gasteiger partial charge < -0.3 is 24.8 Å². The SMILES string of the molecule is CN(C)CCN(Cc1cccc(C#N)c1)C(=O)Nc1cccc(Cl)c1N1CCOCC1. The van der Waals surface area contributed by atoms with Crippen molar-refractivity contribution in [2.45, 2.75) is 6.54 Å². The maximum absolute atomic E-state index is 13.3. The molecule has 0 aromatic heterocycles. The highest BCUT2D eigenvalue weighted by atomic mass is 35.5. The lowest BCUT2D eigenvalue weighted by molar-refractivity contribution is 0.123. The molecule has 0 bridgehead atoms. The molecular weight excluding hydrogens is 414 g/mol. The van der Waals surface area contributed by atoms with Crippen molar-refractivity contribution in [1.29, 1.82) is 5.26 Å². The first-order valence-corrected chi connectivity index (χ1v) is 10.7. The summed E-state index contributed by atoms with van der Waals surface area (Å²) in [5, 5.41) is 12.8. The molecule has 0 aliphatic carbocycles. The van der Waals surface area contributed by atoms with Crippen LogP contribution in [-0.2, 0) is 11.3 Å². The number of urea groups is 1. The average Bonchev–Trinajstić information content (AvgIpc) is 2.77. The van der Waals surface area contributed by atoms with Crippen molar-refractivity contribution in [1.82, 2.24) is 9.80 Å². The number of nitriles is 1. The van der Waals surface area contributed by atoms with Gasteiger partial charge in [0.2, 0.25) is 0 Å². The molecule has 164 valence electrons. The minimum absolute atomic E-state index is 0.207. The number of morpholine rings is 1. The maximum atomic E-state index is 13.3. The molecule has 1 fully saturated rings. The van der Waals surface area contributed by atoms with Gasteiger partial charge in [0.1, 0.15) is 0 Å². The zero-order chi connectivity index (χ0) is 22.2. The fourth-order valence-electron chi connectivity index (χ4n) is 3.45. The van der Waals surface area contributed by atoms with Crippen molar-refractivity contribution in [3.63, 3.8) is 0 Å². The molecule has 0 atom stereocenters. The van der Waals surface area contributed by atoms with Crippen molar-refractivity contribution in [3.05, 3.63) is 58.6 Å². The van der Waals surface area contributed by atoms with Crippen LogP contribution in [0, 0.1) is 11.3 Å². The van der Waals surface area contributed by atoms with Crippen LogP contribution in [0.2, 0.25) is 5.02 Å². The number of amides is 2. The lowest BCUT2D eigenvalue weighted by Crippen LogP contribution is -2.40. The molecule has 2 amide bonds. The van der Waals surface area contributed by atoms with Gasteiger partial charge in [-0.25, -0.2) is 4.79 Å². The molecule has 1 saturated heterocycles. The fourth-order valence-corrected chi connectivity index (χ4v) is 3.75. The molecule has 0 spiro atoms. The predicted molar refractivity (Wildman–Crippen MR) is 124 cm³/mol. The summed E-state index contributed by atoms with van der Waals surface area (Å²) >= 11 is 6.51. The Kier molecular flexibility index (Phi) is 8.13. The van der Waals surface area contributed by atoms with Crippen LogP contribution in [0.5, 0.6) is 0 Å². The van der Waals surface area contributed by atoms with Gasteiger partial charge in [0.05, 0.1) is 41.2 Å². The molecule has 3 rings (SSSR count). The Labute approximate surface area is 188 Å². The van der Waals surface area contributed by atoms with Crippen LogP contribution < -0.4 is 10.2 Å². The number of halogens is 1. The second-order valence-electron chi connectivity index (χ2n) is 7.70. The Morgan fingerprint density at radius 1 is 1.19 bits per heavy atom. The van der Waals surface area contributed by atoms with E-state index in [4.69, 9.17) is 16.3 Å². The Bertz CT molecular complexity index is 938. The van der Waals surface area contributed by atoms with E-state index in [9.17, 15) is 10.1 Å². The van der Waals surface area contributed by atoms with Crippen molar-refractivity contribution in [2.75, 3.05) is 63.7 Å². The molecule has 0 saturated carbocycles. The van der Waals surface area contributed by atoms with E-state index in [0.717, 1.165) is 30.9 Å². The topological polar surface area (TPSA) is 71.8 Å². The first-order chi connectivity index (χ1) is 15.0. The van der Waals surface area contributed by atoms with Crippen LogP contribution in [0.25, 0.3) is 0 Å². The number of likely N-dealkylation sites (N-methyl/N-ethyl adjacent to an activating group) is 1. The van der Waals surface area contributed by atoms with Crippen LogP contribution in [0.1, 0.15) is 11.1 Å². The van der Waals surface area contributed by atoms with Gasteiger partial charge in [0.15, 0.2) is 0 Å². The minimum Gasteiger partial charge on any atom is -0.378 e. The number of hydrogen-bond donors (Lipinski definition) is 1. The summed E-state index contributed by atoms with van der Waals surface area (Å²) in [6, 6.07) is 14.8. The smallest absolute Gasteiger partial charge is 0.322 e. The zero-order valence-electron chi connectivity index (χ0n) is 18.0. The van der Waals surface area contributed by atoms with Crippen LogP contribution in [0.15, 0.2) is 42.5 Å². The molecule has 2 aromatic carbocycles. The first kappa shape index (κ1) is 22.9. The monoisotopic (exact) mass is 441 g/mol. The lowest BCUT2D eigenvalue weighted by Gasteiger charge is -2.32. The normalized spacial score (nSPS) is 13.7. The lowest BCUT2D eigenvalue weighted by atomic mass is 10.1. The average molecular weight is 442 g/mol. The van der Waals surface area contributed by atoms with Crippen molar-refractivity contribution in [3.8, 4) is 6.07 Å². The molecule has 31 heavy (non-hydrogen) atoms. The van der Waals surface area contributed by atoms with Gasteiger partial charge in [-0.15, -0.1) is 0 Å². The number of nitrogens with zero attached hydrogens (tertiary/aromatic N) is 4. The summed E-state index contributed by atoms with van der Waals surface area (Å²) in [7, 11) is 3.94. The Hall–Kier alpha value is -2.79. The van der Waals surface area contributed by atoms with Crippen LogP contribution in [0.4, 0.5) is 16.2 Å². The minimum atomic E-state index is -0.207. The first-order valence-electron chi connectivity index (χ1n) is 10.3. The number of anilines is 2. The molecule has 1 aliphatic rings. The van der Waals surface area contributed by atoms with Gasteiger partial charge >= 0.3 is 6.03 Å². The number of rotatable bonds is 7. The zero-order valence-corrected chi connectivity index (χ0v) is 18.7. The van der Waals surface area contributed by atoms with Gasteiger partial charge in [-0.1, -0.05) is 29.8 Å². The molecule has 1 N–H and O–H groups in total. The van der Waals surface area contributed by atoms with E-state index in [0.29, 0.717) is 42.6 Å². The molecule has 0 unspecified atom stereocenters. The third-order valence-corrected chi connectivity index (χ3v) is 5.39. The van der Waals surface area contributed by atoms with E-state index in [1.165, 1.54) is 0 Å². The molecule has 0 radical (unpaired) electrons. The van der Waals surface area contributed by atoms with E-state index in [-0.39, 0.29) is 6.03 Å². The standard InChI is InChI=1S/C23H28ClN5O2/c1-27(2)9-10-29(17-19-6-3-5-18(15-19)16-25)23(30)26-21-8-4-7-20(24)22(21)28-11-13-31-14-12-28/h3-8,15H,9-14,17H2,1-2H3,(H,26,30). The summed E-state index contributed by atoms with van der Waals surface area (Å²) in [6.07, 6.45) is 0. The summed E-state index contributed by atoms with van der Waals surface area (Å²) < 4.78 is 5.45. The highest BCUT2D eigenvalue weighted by Crippen LogP contribution is 2.34. The number of nitrogens with one attached hydrogen (secondary N) is 1.